The molecular weight excluding hydrogens is 448 g/mol. The van der Waals surface area contributed by atoms with E-state index >= 15 is 0 Å². The summed E-state index contributed by atoms with van der Waals surface area (Å²) in [6.45, 7) is 4.86. The van der Waals surface area contributed by atoms with Crippen molar-refractivity contribution in [3.05, 3.63) is 28.3 Å². The van der Waals surface area contributed by atoms with E-state index in [0.29, 0.717) is 40.5 Å². The van der Waals surface area contributed by atoms with Crippen molar-refractivity contribution in [1.82, 2.24) is 19.4 Å². The van der Waals surface area contributed by atoms with Crippen LogP contribution in [0, 0.1) is 10.1 Å². The lowest BCUT2D eigenvalue weighted by atomic mass is 10.3. The van der Waals surface area contributed by atoms with E-state index in [1.165, 1.54) is 27.8 Å². The zero-order valence-electron chi connectivity index (χ0n) is 16.8. The second-order valence-corrected chi connectivity index (χ2v) is 11.1. The quantitative estimate of drug-likeness (QED) is 0.333. The molecule has 1 aliphatic heterocycles. The van der Waals surface area contributed by atoms with Gasteiger partial charge < -0.3 is 10.2 Å². The summed E-state index contributed by atoms with van der Waals surface area (Å²) in [4.78, 5) is 13.4. The van der Waals surface area contributed by atoms with Crippen LogP contribution in [0.4, 0.5) is 10.8 Å². The monoisotopic (exact) mass is 472 g/mol. The first-order valence-corrected chi connectivity index (χ1v) is 12.6. The highest BCUT2D eigenvalue weighted by atomic mass is 32.2. The lowest BCUT2D eigenvalue weighted by Gasteiger charge is -2.31. The van der Waals surface area contributed by atoms with Crippen LogP contribution >= 0.6 is 23.1 Å². The molecule has 0 bridgehead atoms. The lowest BCUT2D eigenvalue weighted by Crippen LogP contribution is -2.47. The maximum Gasteiger partial charge on any atom is 0.284 e. The number of aromatic nitrogens is 2. The Kier molecular flexibility index (Phi) is 7.63. The fourth-order valence-electron chi connectivity index (χ4n) is 2.85. The van der Waals surface area contributed by atoms with Gasteiger partial charge in [-0.05, 0) is 37.4 Å². The second kappa shape index (κ2) is 10.0. The average Bonchev–Trinajstić information content (AvgIpc) is 3.16. The van der Waals surface area contributed by atoms with Gasteiger partial charge in [-0.3, -0.25) is 10.1 Å². The number of nitrogens with zero attached hydrogens (tertiary/aromatic N) is 5. The van der Waals surface area contributed by atoms with E-state index in [2.05, 4.69) is 22.4 Å². The molecule has 1 aromatic carbocycles. The van der Waals surface area contributed by atoms with Crippen LogP contribution in [0.2, 0.25) is 0 Å². The van der Waals surface area contributed by atoms with Gasteiger partial charge in [-0.2, -0.15) is 4.31 Å². The number of hydrogen-bond donors (Lipinski definition) is 1. The van der Waals surface area contributed by atoms with Gasteiger partial charge in [-0.25, -0.2) is 8.42 Å². The van der Waals surface area contributed by atoms with Crippen LogP contribution in [-0.4, -0.2) is 72.5 Å². The third-order valence-electron chi connectivity index (χ3n) is 4.64. The number of hydrogen-bond acceptors (Lipinski definition) is 10. The molecule has 1 fully saturated rings. The summed E-state index contributed by atoms with van der Waals surface area (Å²) < 4.78 is 27.8. The summed E-state index contributed by atoms with van der Waals surface area (Å²) in [6.07, 6.45) is 2.07. The summed E-state index contributed by atoms with van der Waals surface area (Å²) in [5.74, 6) is 0. The number of benzene rings is 1. The summed E-state index contributed by atoms with van der Waals surface area (Å²) in [5.41, 5.74) is -0.258. The molecule has 2 heterocycles. The van der Waals surface area contributed by atoms with Gasteiger partial charge in [-0.15, -0.1) is 10.2 Å². The fourth-order valence-corrected chi connectivity index (χ4v) is 6.12. The molecule has 2 aromatic rings. The van der Waals surface area contributed by atoms with Crippen LogP contribution in [-0.2, 0) is 10.0 Å². The summed E-state index contributed by atoms with van der Waals surface area (Å²) in [5, 5.41) is 23.5. The Balaban J connectivity index is 1.79. The molecule has 0 spiro atoms. The summed E-state index contributed by atoms with van der Waals surface area (Å²) >= 11 is 2.41. The van der Waals surface area contributed by atoms with Crippen LogP contribution in [0.1, 0.15) is 19.8 Å². The molecule has 0 amide bonds. The first kappa shape index (κ1) is 22.9. The molecule has 10 nitrogen and oxygen atoms in total. The second-order valence-electron chi connectivity index (χ2n) is 6.85. The van der Waals surface area contributed by atoms with Gasteiger partial charge in [-0.1, -0.05) is 24.7 Å². The predicted octanol–water partition coefficient (Wildman–Crippen LogP) is 2.75. The molecule has 0 radical (unpaired) electrons. The normalized spacial score (nSPS) is 15.9. The molecule has 164 valence electrons. The minimum Gasteiger partial charge on any atom is -0.360 e. The average molecular weight is 473 g/mol. The number of rotatable bonds is 9. The highest BCUT2D eigenvalue weighted by Gasteiger charge is 2.30. The van der Waals surface area contributed by atoms with E-state index < -0.39 is 14.9 Å². The summed E-state index contributed by atoms with van der Waals surface area (Å²) in [6, 6.07) is 4.03. The molecule has 0 unspecified atom stereocenters. The van der Waals surface area contributed by atoms with Crippen LogP contribution in [0.3, 0.4) is 0 Å². The maximum atomic E-state index is 12.9. The number of nitro benzene ring substituents is 1. The zero-order valence-corrected chi connectivity index (χ0v) is 19.2. The SMILES string of the molecule is CCCCNc1nnc(Sc2ccc(S(=O)(=O)N3CCN(C)CC3)cc2[N+](=O)[O-])s1. The zero-order chi connectivity index (χ0) is 21.7. The van der Waals surface area contributed by atoms with Crippen molar-refractivity contribution in [1.29, 1.82) is 0 Å². The predicted molar refractivity (Wildman–Crippen MR) is 117 cm³/mol. The molecule has 1 aromatic heterocycles. The molecule has 1 aliphatic rings. The van der Waals surface area contributed by atoms with Crippen LogP contribution in [0.15, 0.2) is 32.3 Å². The molecule has 1 saturated heterocycles. The smallest absolute Gasteiger partial charge is 0.284 e. The maximum absolute atomic E-state index is 12.9. The Labute approximate surface area is 183 Å². The Morgan fingerprint density at radius 1 is 1.27 bits per heavy atom. The van der Waals surface area contributed by atoms with Crippen LogP contribution in [0.5, 0.6) is 0 Å². The number of piperazine rings is 1. The molecule has 0 atom stereocenters. The van der Waals surface area contributed by atoms with Gasteiger partial charge in [0.1, 0.15) is 0 Å². The Bertz CT molecular complexity index is 989. The van der Waals surface area contributed by atoms with Crippen molar-refractivity contribution in [2.45, 2.75) is 33.9 Å². The molecule has 0 aliphatic carbocycles. The lowest BCUT2D eigenvalue weighted by molar-refractivity contribution is -0.388. The van der Waals surface area contributed by atoms with E-state index in [4.69, 9.17) is 0 Å². The van der Waals surface area contributed by atoms with Crippen molar-refractivity contribution in [2.75, 3.05) is 45.1 Å². The van der Waals surface area contributed by atoms with Crippen LogP contribution in [0.25, 0.3) is 0 Å². The molecule has 1 N–H and O–H groups in total. The minimum absolute atomic E-state index is 0.0673. The van der Waals surface area contributed by atoms with E-state index in [9.17, 15) is 18.5 Å². The number of nitro groups is 1. The first-order chi connectivity index (χ1) is 14.3. The van der Waals surface area contributed by atoms with E-state index in [0.717, 1.165) is 37.2 Å². The standard InChI is InChI=1S/C17H24N6O4S3/c1-3-4-7-18-16-19-20-17(29-16)28-15-6-5-13(12-14(15)23(24)25)30(26,27)22-10-8-21(2)9-11-22/h5-6,12H,3-4,7-11H2,1-2H3,(H,18,19). The number of anilines is 1. The third-order valence-corrected chi connectivity index (χ3v) is 8.53. The van der Waals surface area contributed by atoms with Crippen molar-refractivity contribution >= 4 is 43.9 Å². The van der Waals surface area contributed by atoms with E-state index in [1.807, 2.05) is 11.9 Å². The molecule has 3 rings (SSSR count). The molecule has 0 saturated carbocycles. The van der Waals surface area contributed by atoms with Gasteiger partial charge in [0.05, 0.1) is 14.7 Å². The highest BCUT2D eigenvalue weighted by molar-refractivity contribution is 8.01. The first-order valence-electron chi connectivity index (χ1n) is 9.53. The summed E-state index contributed by atoms with van der Waals surface area (Å²) in [7, 11) is -1.85. The van der Waals surface area contributed by atoms with Gasteiger partial charge in [0, 0.05) is 38.8 Å². The van der Waals surface area contributed by atoms with Crippen molar-refractivity contribution < 1.29 is 13.3 Å². The van der Waals surface area contributed by atoms with Gasteiger partial charge in [0.15, 0.2) is 4.34 Å². The molecule has 13 heteroatoms. The Hall–Kier alpha value is -1.80. The van der Waals surface area contributed by atoms with Gasteiger partial charge in [0.25, 0.3) is 5.69 Å². The van der Waals surface area contributed by atoms with E-state index in [1.54, 1.807) is 0 Å². The van der Waals surface area contributed by atoms with E-state index in [-0.39, 0.29) is 10.6 Å². The van der Waals surface area contributed by atoms with Crippen molar-refractivity contribution in [3.8, 4) is 0 Å². The Morgan fingerprint density at radius 3 is 2.67 bits per heavy atom. The van der Waals surface area contributed by atoms with Gasteiger partial charge >= 0.3 is 0 Å². The molecular formula is C17H24N6O4S3. The highest BCUT2D eigenvalue weighted by Crippen LogP contribution is 2.38. The number of likely N-dealkylation sites (N-methyl/N-ethyl adjacent to an activating group) is 1. The third kappa shape index (κ3) is 5.46. The minimum atomic E-state index is -3.78. The topological polar surface area (TPSA) is 122 Å². The molecule has 30 heavy (non-hydrogen) atoms. The van der Waals surface area contributed by atoms with Crippen molar-refractivity contribution in [3.63, 3.8) is 0 Å². The number of nitrogens with one attached hydrogen (secondary N) is 1. The number of unbranched alkanes of at least 4 members (excludes halogenated alkanes) is 1. The Morgan fingerprint density at radius 2 is 2.00 bits per heavy atom. The van der Waals surface area contributed by atoms with Crippen LogP contribution < -0.4 is 5.32 Å². The van der Waals surface area contributed by atoms with Crippen molar-refractivity contribution in [2.24, 2.45) is 0 Å². The largest absolute Gasteiger partial charge is 0.360 e. The van der Waals surface area contributed by atoms with Gasteiger partial charge in [0.2, 0.25) is 15.2 Å². The fraction of sp³-hybridized carbons (Fsp3) is 0.529. The number of sulfonamides is 1.